The highest BCUT2D eigenvalue weighted by Crippen LogP contribution is 2.22. The highest BCUT2D eigenvalue weighted by Gasteiger charge is 2.10. The molecule has 0 bridgehead atoms. The maximum absolute atomic E-state index is 9.93. The van der Waals surface area contributed by atoms with Crippen LogP contribution in [-0.4, -0.2) is 85.0 Å². The summed E-state index contributed by atoms with van der Waals surface area (Å²) in [5, 5.41) is 37.5. The van der Waals surface area contributed by atoms with Crippen LogP contribution in [0, 0.1) is 17.8 Å². The topological polar surface area (TPSA) is 109 Å². The van der Waals surface area contributed by atoms with Crippen LogP contribution >= 0.6 is 0 Å². The fourth-order valence-electron chi connectivity index (χ4n) is 4.39. The van der Waals surface area contributed by atoms with Crippen LogP contribution in [0.3, 0.4) is 0 Å². The predicted octanol–water partition coefficient (Wildman–Crippen LogP) is 5.28. The first kappa shape index (κ1) is 37.5. The Labute approximate surface area is 234 Å². The first-order valence-corrected chi connectivity index (χ1v) is 15.2. The maximum atomic E-state index is 9.93. The van der Waals surface area contributed by atoms with Crippen molar-refractivity contribution in [1.82, 2.24) is 0 Å². The van der Waals surface area contributed by atoms with Crippen molar-refractivity contribution in [2.45, 2.75) is 124 Å². The first-order valence-electron chi connectivity index (χ1n) is 15.2. The Hall–Kier alpha value is -0.540. The lowest BCUT2D eigenvalue weighted by Crippen LogP contribution is -2.29. The first-order chi connectivity index (χ1) is 18.1. The Balaban J connectivity index is 3.64. The molecule has 0 aliphatic carbocycles. The molecule has 0 spiro atoms. The molecule has 0 radical (unpaired) electrons. The van der Waals surface area contributed by atoms with E-state index in [-0.39, 0.29) is 39.6 Å². The van der Waals surface area contributed by atoms with Crippen molar-refractivity contribution in [1.29, 1.82) is 0 Å². The summed E-state index contributed by atoms with van der Waals surface area (Å²) < 4.78 is 15.9. The number of ether oxygens (including phenoxy) is 3. The van der Waals surface area contributed by atoms with Crippen molar-refractivity contribution in [3.05, 3.63) is 11.6 Å². The van der Waals surface area contributed by atoms with E-state index in [1.54, 1.807) is 0 Å². The van der Waals surface area contributed by atoms with Crippen LogP contribution in [0.1, 0.15) is 105 Å². The van der Waals surface area contributed by atoms with E-state index in [9.17, 15) is 10.2 Å². The van der Waals surface area contributed by atoms with Crippen molar-refractivity contribution in [3.8, 4) is 0 Å². The van der Waals surface area contributed by atoms with Gasteiger partial charge in [0.1, 0.15) is 18.3 Å². The summed E-state index contributed by atoms with van der Waals surface area (Å²) in [6, 6.07) is 0. The number of allylic oxidation sites excluding steroid dienone is 2. The summed E-state index contributed by atoms with van der Waals surface area (Å²) in [6.07, 6.45) is 13.7. The van der Waals surface area contributed by atoms with Crippen LogP contribution in [0.4, 0.5) is 0 Å². The van der Waals surface area contributed by atoms with Crippen LogP contribution < -0.4 is 0 Å². The second-order valence-electron chi connectivity index (χ2n) is 11.8. The van der Waals surface area contributed by atoms with Crippen LogP contribution in [0.25, 0.3) is 0 Å². The molecule has 0 aromatic rings. The molecule has 7 nitrogen and oxygen atoms in total. The van der Waals surface area contributed by atoms with Gasteiger partial charge < -0.3 is 34.6 Å². The summed E-state index contributed by atoms with van der Waals surface area (Å²) in [4.78, 5) is 0. The summed E-state index contributed by atoms with van der Waals surface area (Å²) in [6.45, 7) is 12.1. The Kier molecular flexibility index (Phi) is 25.1. The van der Waals surface area contributed by atoms with Gasteiger partial charge >= 0.3 is 0 Å². The van der Waals surface area contributed by atoms with Gasteiger partial charge in [0.05, 0.1) is 39.6 Å². The molecule has 0 aromatic carbocycles. The van der Waals surface area contributed by atoms with E-state index >= 15 is 0 Å². The zero-order valence-electron chi connectivity index (χ0n) is 25.3. The standard InChI is InChI=1S/C31H62O7/c1-25(2)11-8-13-27(4)15-10-17-28(5)16-9-14-26(3)12-6-7-18-36-21-30(34)22-38-24-31(35)23-37-20-29(33)19-32/h12,25,27-35H,6-11,13-24H2,1-5H3. The smallest absolute Gasteiger partial charge is 0.101 e. The molecule has 0 aliphatic heterocycles. The van der Waals surface area contributed by atoms with Crippen molar-refractivity contribution in [2.75, 3.05) is 46.2 Å². The van der Waals surface area contributed by atoms with Gasteiger partial charge in [-0.1, -0.05) is 84.3 Å². The summed E-state index contributed by atoms with van der Waals surface area (Å²) >= 11 is 0. The third kappa shape index (κ3) is 25.7. The SMILES string of the molecule is CC(=CCCCOCC(O)COCC(O)COCC(O)CO)CCCC(C)CCCC(C)CCCC(C)C. The van der Waals surface area contributed by atoms with Gasteiger partial charge in [0.15, 0.2) is 0 Å². The van der Waals surface area contributed by atoms with Gasteiger partial charge in [-0.3, -0.25) is 0 Å². The summed E-state index contributed by atoms with van der Waals surface area (Å²) in [5.74, 6) is 2.52. The number of hydrogen-bond acceptors (Lipinski definition) is 7. The second kappa shape index (κ2) is 25.4. The van der Waals surface area contributed by atoms with Crippen LogP contribution in [0.15, 0.2) is 11.6 Å². The predicted molar refractivity (Wildman–Crippen MR) is 155 cm³/mol. The third-order valence-corrected chi connectivity index (χ3v) is 6.89. The molecule has 228 valence electrons. The van der Waals surface area contributed by atoms with Crippen molar-refractivity contribution < 1.29 is 34.6 Å². The summed E-state index contributed by atoms with van der Waals surface area (Å²) in [7, 11) is 0. The van der Waals surface area contributed by atoms with Crippen molar-refractivity contribution in [3.63, 3.8) is 0 Å². The van der Waals surface area contributed by atoms with E-state index in [0.29, 0.717) is 6.61 Å². The molecule has 5 unspecified atom stereocenters. The van der Waals surface area contributed by atoms with Crippen LogP contribution in [0.2, 0.25) is 0 Å². The average Bonchev–Trinajstić information content (AvgIpc) is 2.85. The fourth-order valence-corrected chi connectivity index (χ4v) is 4.39. The molecule has 0 fully saturated rings. The number of aliphatic hydroxyl groups excluding tert-OH is 4. The van der Waals surface area contributed by atoms with Crippen molar-refractivity contribution >= 4 is 0 Å². The molecule has 38 heavy (non-hydrogen) atoms. The van der Waals surface area contributed by atoms with Gasteiger partial charge in [0, 0.05) is 6.61 Å². The monoisotopic (exact) mass is 546 g/mol. The minimum atomic E-state index is -0.951. The van der Waals surface area contributed by atoms with Gasteiger partial charge in [0.2, 0.25) is 0 Å². The minimum Gasteiger partial charge on any atom is -0.394 e. The Morgan fingerprint density at radius 1 is 0.632 bits per heavy atom. The Morgan fingerprint density at radius 2 is 1.11 bits per heavy atom. The minimum absolute atomic E-state index is 0.00622. The molecule has 0 heterocycles. The van der Waals surface area contributed by atoms with E-state index in [2.05, 4.69) is 40.7 Å². The zero-order valence-corrected chi connectivity index (χ0v) is 25.3. The van der Waals surface area contributed by atoms with Gasteiger partial charge in [-0.25, -0.2) is 0 Å². The molecule has 0 saturated carbocycles. The van der Waals surface area contributed by atoms with E-state index in [4.69, 9.17) is 24.4 Å². The normalized spacial score (nSPS) is 16.5. The Bertz CT molecular complexity index is 540. The zero-order chi connectivity index (χ0) is 28.6. The molecule has 0 aliphatic rings. The van der Waals surface area contributed by atoms with E-state index in [0.717, 1.165) is 30.6 Å². The molecule has 4 N–H and O–H groups in total. The van der Waals surface area contributed by atoms with Gasteiger partial charge in [0.25, 0.3) is 0 Å². The third-order valence-electron chi connectivity index (χ3n) is 6.89. The number of hydrogen-bond donors (Lipinski definition) is 4. The van der Waals surface area contributed by atoms with E-state index in [1.807, 2.05) is 0 Å². The number of unbranched alkanes of at least 4 members (excludes halogenated alkanes) is 1. The second-order valence-corrected chi connectivity index (χ2v) is 11.8. The lowest BCUT2D eigenvalue weighted by Gasteiger charge is -2.15. The molecule has 0 amide bonds. The quantitative estimate of drug-likeness (QED) is 0.0820. The Morgan fingerprint density at radius 3 is 1.63 bits per heavy atom. The van der Waals surface area contributed by atoms with Crippen LogP contribution in [0.5, 0.6) is 0 Å². The van der Waals surface area contributed by atoms with E-state index < -0.39 is 18.3 Å². The molecule has 0 saturated heterocycles. The lowest BCUT2D eigenvalue weighted by atomic mass is 9.91. The summed E-state index contributed by atoms with van der Waals surface area (Å²) in [5.41, 5.74) is 1.46. The highest BCUT2D eigenvalue weighted by atomic mass is 16.5. The molecule has 5 atom stereocenters. The largest absolute Gasteiger partial charge is 0.394 e. The van der Waals surface area contributed by atoms with Crippen LogP contribution in [-0.2, 0) is 14.2 Å². The van der Waals surface area contributed by atoms with Gasteiger partial charge in [-0.15, -0.1) is 0 Å². The van der Waals surface area contributed by atoms with E-state index in [1.165, 1.54) is 63.4 Å². The number of aliphatic hydroxyl groups is 4. The van der Waals surface area contributed by atoms with Crippen molar-refractivity contribution in [2.24, 2.45) is 17.8 Å². The molecule has 0 rings (SSSR count). The molecular weight excluding hydrogens is 484 g/mol. The highest BCUT2D eigenvalue weighted by molar-refractivity contribution is 4.97. The maximum Gasteiger partial charge on any atom is 0.101 e. The van der Waals surface area contributed by atoms with Gasteiger partial charge in [-0.2, -0.15) is 0 Å². The molecule has 7 heteroatoms. The average molecular weight is 547 g/mol. The fraction of sp³-hybridized carbons (Fsp3) is 0.935. The molecular formula is C31H62O7. The lowest BCUT2D eigenvalue weighted by molar-refractivity contribution is -0.0675. The number of rotatable bonds is 27. The van der Waals surface area contributed by atoms with Gasteiger partial charge in [-0.05, 0) is 50.4 Å². The molecule has 0 aromatic heterocycles.